The zero-order valence-electron chi connectivity index (χ0n) is 16.8. The summed E-state index contributed by atoms with van der Waals surface area (Å²) in [6.07, 6.45) is 0.251. The van der Waals surface area contributed by atoms with Gasteiger partial charge < -0.3 is 9.64 Å². The van der Waals surface area contributed by atoms with Gasteiger partial charge in [0.05, 0.1) is 41.6 Å². The molecule has 0 atom stereocenters. The Balaban J connectivity index is 1.83. The van der Waals surface area contributed by atoms with E-state index in [1.54, 1.807) is 12.0 Å². The molecular formula is C23H23N3O2S. The van der Waals surface area contributed by atoms with E-state index >= 15 is 0 Å². The lowest BCUT2D eigenvalue weighted by Gasteiger charge is -2.23. The van der Waals surface area contributed by atoms with Crippen LogP contribution in [0.1, 0.15) is 17.5 Å². The van der Waals surface area contributed by atoms with E-state index in [2.05, 4.69) is 19.1 Å². The number of nitrogens with zero attached hydrogens (tertiary/aromatic N) is 3. The summed E-state index contributed by atoms with van der Waals surface area (Å²) in [7, 11) is 1.57. The first-order chi connectivity index (χ1) is 14.0. The molecule has 148 valence electrons. The van der Waals surface area contributed by atoms with Crippen molar-refractivity contribution in [1.82, 2.24) is 4.98 Å². The third kappa shape index (κ3) is 4.69. The van der Waals surface area contributed by atoms with Crippen LogP contribution < -0.4 is 9.64 Å². The molecular weight excluding hydrogens is 382 g/mol. The summed E-state index contributed by atoms with van der Waals surface area (Å²) in [5.41, 5.74) is 3.90. The number of rotatable bonds is 7. The first-order valence-corrected chi connectivity index (χ1v) is 10.3. The molecule has 3 rings (SSSR count). The van der Waals surface area contributed by atoms with Gasteiger partial charge in [0.15, 0.2) is 0 Å². The van der Waals surface area contributed by atoms with Crippen LogP contribution in [0.4, 0.5) is 5.69 Å². The molecule has 0 bridgehead atoms. The van der Waals surface area contributed by atoms with Crippen molar-refractivity contribution >= 4 is 34.3 Å². The van der Waals surface area contributed by atoms with Gasteiger partial charge in [0, 0.05) is 11.9 Å². The van der Waals surface area contributed by atoms with Gasteiger partial charge in [0.1, 0.15) is 5.75 Å². The monoisotopic (exact) mass is 405 g/mol. The topological polar surface area (TPSA) is 66.2 Å². The summed E-state index contributed by atoms with van der Waals surface area (Å²) in [5.74, 6) is 0.756. The second kappa shape index (κ2) is 9.44. The molecule has 1 aromatic heterocycles. The van der Waals surface area contributed by atoms with E-state index < -0.39 is 0 Å². The molecule has 0 aliphatic carbocycles. The number of hydrogen-bond acceptors (Lipinski definition) is 5. The third-order valence-corrected chi connectivity index (χ3v) is 5.59. The maximum absolute atomic E-state index is 13.0. The summed E-state index contributed by atoms with van der Waals surface area (Å²) in [6, 6.07) is 17.6. The summed E-state index contributed by atoms with van der Waals surface area (Å²) >= 11 is 1.41. The molecule has 0 unspecified atom stereocenters. The fraction of sp³-hybridized carbons (Fsp3) is 0.261. The molecule has 0 radical (unpaired) electrons. The highest BCUT2D eigenvalue weighted by molar-refractivity contribution is 7.99. The van der Waals surface area contributed by atoms with Crippen molar-refractivity contribution in [3.8, 4) is 11.8 Å². The molecule has 5 nitrogen and oxygen atoms in total. The average Bonchev–Trinajstić information content (AvgIpc) is 2.73. The average molecular weight is 406 g/mol. The van der Waals surface area contributed by atoms with Gasteiger partial charge in [-0.15, -0.1) is 0 Å². The molecule has 3 aromatic rings. The number of nitriles is 1. The molecule has 1 heterocycles. The molecule has 2 aromatic carbocycles. The second-order valence-electron chi connectivity index (χ2n) is 6.66. The Hall–Kier alpha value is -3.04. The van der Waals surface area contributed by atoms with E-state index in [1.165, 1.54) is 11.8 Å². The zero-order valence-corrected chi connectivity index (χ0v) is 17.6. The maximum atomic E-state index is 13.0. The van der Waals surface area contributed by atoms with E-state index in [4.69, 9.17) is 15.0 Å². The van der Waals surface area contributed by atoms with Crippen molar-refractivity contribution in [1.29, 1.82) is 5.26 Å². The molecule has 0 saturated carbocycles. The lowest BCUT2D eigenvalue weighted by molar-refractivity contribution is -0.116. The predicted molar refractivity (Wildman–Crippen MR) is 118 cm³/mol. The van der Waals surface area contributed by atoms with Gasteiger partial charge in [-0.25, -0.2) is 4.98 Å². The minimum absolute atomic E-state index is 0.0842. The molecule has 1 amide bonds. The Morgan fingerprint density at radius 3 is 2.72 bits per heavy atom. The summed E-state index contributed by atoms with van der Waals surface area (Å²) in [5, 5.41) is 10.9. The van der Waals surface area contributed by atoms with Gasteiger partial charge in [-0.2, -0.15) is 5.26 Å². The van der Waals surface area contributed by atoms with Gasteiger partial charge in [0.25, 0.3) is 0 Å². The Labute approximate surface area is 175 Å². The lowest BCUT2D eigenvalue weighted by Crippen LogP contribution is -2.33. The molecule has 0 aliphatic rings. The lowest BCUT2D eigenvalue weighted by atomic mass is 10.1. The van der Waals surface area contributed by atoms with Crippen LogP contribution in [0.5, 0.6) is 5.75 Å². The van der Waals surface area contributed by atoms with Gasteiger partial charge in [-0.1, -0.05) is 42.1 Å². The van der Waals surface area contributed by atoms with Crippen molar-refractivity contribution < 1.29 is 9.53 Å². The minimum atomic E-state index is -0.0842. The van der Waals surface area contributed by atoms with E-state index in [0.717, 1.165) is 27.1 Å². The van der Waals surface area contributed by atoms with Gasteiger partial charge in [0.2, 0.25) is 5.91 Å². The van der Waals surface area contributed by atoms with Crippen LogP contribution in [-0.4, -0.2) is 30.3 Å². The largest absolute Gasteiger partial charge is 0.495 e. The number of ether oxygens (including phenoxy) is 1. The molecule has 0 spiro atoms. The molecule has 0 N–H and O–H groups in total. The number of hydrogen-bond donors (Lipinski definition) is 0. The highest BCUT2D eigenvalue weighted by Gasteiger charge is 2.19. The molecule has 6 heteroatoms. The van der Waals surface area contributed by atoms with Crippen LogP contribution in [0.15, 0.2) is 53.6 Å². The Morgan fingerprint density at radius 2 is 1.97 bits per heavy atom. The van der Waals surface area contributed by atoms with Gasteiger partial charge >= 0.3 is 0 Å². The van der Waals surface area contributed by atoms with Crippen molar-refractivity contribution in [2.24, 2.45) is 0 Å². The van der Waals surface area contributed by atoms with Crippen LogP contribution >= 0.6 is 11.8 Å². The van der Waals surface area contributed by atoms with E-state index in [1.807, 2.05) is 49.4 Å². The van der Waals surface area contributed by atoms with Crippen molar-refractivity contribution in [2.75, 3.05) is 24.3 Å². The number of carbonyl (C=O) groups excluding carboxylic acids is 1. The van der Waals surface area contributed by atoms with Crippen molar-refractivity contribution in [3.63, 3.8) is 0 Å². The number of anilines is 1. The number of aryl methyl sites for hydroxylation is 2. The first-order valence-electron chi connectivity index (χ1n) is 9.35. The number of methoxy groups -OCH3 is 1. The number of carbonyl (C=O) groups is 1. The van der Waals surface area contributed by atoms with Crippen LogP contribution in [0.3, 0.4) is 0 Å². The number of fused-ring (bicyclic) bond motifs is 1. The Morgan fingerprint density at radius 1 is 1.17 bits per heavy atom. The fourth-order valence-electron chi connectivity index (χ4n) is 3.21. The number of aromatic nitrogens is 1. The van der Waals surface area contributed by atoms with Crippen LogP contribution in [0, 0.1) is 25.2 Å². The standard InChI is InChI=1S/C23H23N3O2S/c1-16-8-6-9-18-17(2)14-21(25-23(16)18)29-15-22(27)26(13-7-12-24)19-10-4-5-11-20(19)28-3/h4-6,8-11,14H,7,13,15H2,1-3H3. The maximum Gasteiger partial charge on any atom is 0.237 e. The highest BCUT2D eigenvalue weighted by Crippen LogP contribution is 2.30. The van der Waals surface area contributed by atoms with E-state index in [-0.39, 0.29) is 18.1 Å². The quantitative estimate of drug-likeness (QED) is 0.523. The number of para-hydroxylation sites is 3. The van der Waals surface area contributed by atoms with Gasteiger partial charge in [-0.05, 0) is 43.2 Å². The Bertz CT molecular complexity index is 1080. The van der Waals surface area contributed by atoms with Crippen LogP contribution in [0.25, 0.3) is 10.9 Å². The summed E-state index contributed by atoms with van der Waals surface area (Å²) < 4.78 is 5.40. The molecule has 0 saturated heterocycles. The van der Waals surface area contributed by atoms with Gasteiger partial charge in [-0.3, -0.25) is 4.79 Å². The van der Waals surface area contributed by atoms with Crippen molar-refractivity contribution in [2.45, 2.75) is 25.3 Å². The third-order valence-electron chi connectivity index (χ3n) is 4.69. The fourth-order valence-corrected chi connectivity index (χ4v) is 4.06. The summed E-state index contributed by atoms with van der Waals surface area (Å²) in [4.78, 5) is 19.4. The zero-order chi connectivity index (χ0) is 20.8. The van der Waals surface area contributed by atoms with Crippen LogP contribution in [0.2, 0.25) is 0 Å². The van der Waals surface area contributed by atoms with Crippen LogP contribution in [-0.2, 0) is 4.79 Å². The number of thioether (sulfide) groups is 1. The molecule has 0 fully saturated rings. The number of pyridine rings is 1. The van der Waals surface area contributed by atoms with E-state index in [0.29, 0.717) is 18.0 Å². The highest BCUT2D eigenvalue weighted by atomic mass is 32.2. The minimum Gasteiger partial charge on any atom is -0.495 e. The number of benzene rings is 2. The smallest absolute Gasteiger partial charge is 0.237 e. The van der Waals surface area contributed by atoms with E-state index in [9.17, 15) is 4.79 Å². The SMILES string of the molecule is COc1ccccc1N(CCC#N)C(=O)CSc1cc(C)c2cccc(C)c2n1. The molecule has 0 aliphatic heterocycles. The summed E-state index contributed by atoms with van der Waals surface area (Å²) in [6.45, 7) is 4.42. The molecule has 29 heavy (non-hydrogen) atoms. The normalized spacial score (nSPS) is 10.6. The number of amides is 1. The first kappa shape index (κ1) is 20.7. The Kier molecular flexibility index (Phi) is 6.73. The van der Waals surface area contributed by atoms with Crippen molar-refractivity contribution in [3.05, 3.63) is 59.7 Å². The second-order valence-corrected chi connectivity index (χ2v) is 7.66. The predicted octanol–water partition coefficient (Wildman–Crippen LogP) is 4.90.